The number of aliphatic carboxylic acids is 1. The zero-order chi connectivity index (χ0) is 4.99. The Bertz CT molecular complexity index is 70.1. The van der Waals surface area contributed by atoms with Crippen molar-refractivity contribution in [1.82, 2.24) is 0 Å². The summed E-state index contributed by atoms with van der Waals surface area (Å²) < 4.78 is 0. The van der Waals surface area contributed by atoms with Gasteiger partial charge in [0.25, 0.3) is 0 Å². The van der Waals surface area contributed by atoms with Gasteiger partial charge < -0.3 is 9.90 Å². The molecule has 0 saturated heterocycles. The average Bonchev–Trinajstić information content (AvgIpc) is 1.35. The van der Waals surface area contributed by atoms with Crippen LogP contribution in [0.25, 0.3) is 0 Å². The molecule has 34 valence electrons. The van der Waals surface area contributed by atoms with Crippen LogP contribution in [0.1, 0.15) is 6.42 Å². The number of carboxylic acid groups (broad SMARTS) is 1. The average molecular weight is 308 g/mol. The van der Waals surface area contributed by atoms with Gasteiger partial charge in [-0.25, -0.2) is 0 Å². The van der Waals surface area contributed by atoms with Gasteiger partial charge >= 0.3 is 49.9 Å². The van der Waals surface area contributed by atoms with E-state index in [1.54, 1.807) is 0 Å². The number of carboxylic acids is 1. The van der Waals surface area contributed by atoms with E-state index in [4.69, 9.17) is 0 Å². The summed E-state index contributed by atoms with van der Waals surface area (Å²) in [7, 11) is 0. The van der Waals surface area contributed by atoms with Gasteiger partial charge in [0, 0.05) is 12.4 Å². The molecule has 0 radical (unpaired) electrons. The van der Waals surface area contributed by atoms with Crippen LogP contribution in [-0.2, 0) is 4.79 Å². The van der Waals surface area contributed by atoms with E-state index in [1.807, 2.05) is 0 Å². The van der Waals surface area contributed by atoms with Crippen molar-refractivity contribution in [3.8, 4) is 0 Å². The summed E-state index contributed by atoms with van der Waals surface area (Å²) >= 11 is 0. The molecule has 7 heavy (non-hydrogen) atoms. The minimum atomic E-state index is -1.08. The number of rotatable bonds is 2. The smallest absolute Gasteiger partial charge is 0.550 e. The fourth-order valence-electron chi connectivity index (χ4n) is 0.118. The van der Waals surface area contributed by atoms with Crippen molar-refractivity contribution in [2.75, 3.05) is 0 Å². The Labute approximate surface area is 83.6 Å². The van der Waals surface area contributed by atoms with E-state index in [1.165, 1.54) is 6.08 Å². The monoisotopic (exact) mass is 308 g/mol. The molecule has 0 aromatic heterocycles. The minimum absolute atomic E-state index is 0. The standard InChI is InChI=1S/C4H6O2.Fr/c1-2-3-4(5)6;/h2H,1,3H2,(H,5,6);/q;+1/p-1. The van der Waals surface area contributed by atoms with Crippen molar-refractivity contribution in [2.24, 2.45) is 0 Å². The van der Waals surface area contributed by atoms with E-state index in [2.05, 4.69) is 6.58 Å². The molecule has 0 aliphatic rings. The third kappa shape index (κ3) is 10.9. The van der Waals surface area contributed by atoms with Crippen molar-refractivity contribution in [2.45, 2.75) is 6.42 Å². The fourth-order valence-corrected chi connectivity index (χ4v) is 0.118. The molecular weight excluding hydrogens is 303 g/mol. The topological polar surface area (TPSA) is 40.1 Å². The minimum Gasteiger partial charge on any atom is -0.550 e. The Morgan fingerprint density at radius 2 is 2.29 bits per heavy atom. The summed E-state index contributed by atoms with van der Waals surface area (Å²) in [5, 5.41) is 9.42. The maximum absolute atomic E-state index is 9.42. The molecule has 2 nitrogen and oxygen atoms in total. The summed E-state index contributed by atoms with van der Waals surface area (Å²) in [4.78, 5) is 9.42. The molecule has 0 aliphatic carbocycles. The van der Waals surface area contributed by atoms with Gasteiger partial charge in [-0.1, -0.05) is 6.08 Å². The van der Waals surface area contributed by atoms with Gasteiger partial charge in [0.2, 0.25) is 0 Å². The van der Waals surface area contributed by atoms with Crippen LogP contribution in [0.2, 0.25) is 0 Å². The number of hydrogen-bond donors (Lipinski definition) is 0. The quantitative estimate of drug-likeness (QED) is 0.634. The van der Waals surface area contributed by atoms with Crippen molar-refractivity contribution in [1.29, 1.82) is 0 Å². The van der Waals surface area contributed by atoms with Crippen LogP contribution in [0.4, 0.5) is 0 Å². The van der Waals surface area contributed by atoms with Gasteiger partial charge in [-0.3, -0.25) is 0 Å². The van der Waals surface area contributed by atoms with Gasteiger partial charge in [0.05, 0.1) is 0 Å². The summed E-state index contributed by atoms with van der Waals surface area (Å²) in [6, 6.07) is 0. The predicted octanol–water partition coefficient (Wildman–Crippen LogP) is -0.688. The zero-order valence-electron chi connectivity index (χ0n) is 4.31. The Kier molecular flexibility index (Phi) is 10.4. The number of hydrogen-bond acceptors (Lipinski definition) is 2. The van der Waals surface area contributed by atoms with Crippen molar-refractivity contribution < 1.29 is 59.8 Å². The maximum Gasteiger partial charge on any atom is 1.00 e. The molecule has 0 spiro atoms. The third-order valence-corrected chi connectivity index (χ3v) is 0.311. The molecule has 3 heteroatoms. The van der Waals surface area contributed by atoms with Crippen LogP contribution in [0, 0.1) is 49.9 Å². The first kappa shape index (κ1) is 10.7. The SMILES string of the molecule is C=CCC(=O)[O-].[Fr+]. The Morgan fingerprint density at radius 1 is 1.86 bits per heavy atom. The van der Waals surface area contributed by atoms with Crippen molar-refractivity contribution in [3.63, 3.8) is 0 Å². The van der Waals surface area contributed by atoms with Crippen LogP contribution in [0.15, 0.2) is 12.7 Å². The molecule has 0 N–H and O–H groups in total. The second-order valence-electron chi connectivity index (χ2n) is 0.865. The maximum atomic E-state index is 9.42. The van der Waals surface area contributed by atoms with E-state index in [0.29, 0.717) is 0 Å². The van der Waals surface area contributed by atoms with Gasteiger partial charge in [0.1, 0.15) is 0 Å². The van der Waals surface area contributed by atoms with Gasteiger partial charge in [-0.2, -0.15) is 0 Å². The van der Waals surface area contributed by atoms with Crippen LogP contribution in [0.5, 0.6) is 0 Å². The normalized spacial score (nSPS) is 6.29. The zero-order valence-corrected chi connectivity index (χ0v) is 12.5. The number of carbonyl (C=O) groups is 1. The van der Waals surface area contributed by atoms with E-state index in [0.717, 1.165) is 0 Å². The molecular formula is C4H5FrO2. The van der Waals surface area contributed by atoms with Crippen LogP contribution >= 0.6 is 0 Å². The second kappa shape index (κ2) is 6.81. The summed E-state index contributed by atoms with van der Waals surface area (Å²) in [5.74, 6) is -1.08. The van der Waals surface area contributed by atoms with Crippen LogP contribution in [-0.4, -0.2) is 5.97 Å². The Balaban J connectivity index is 0. The third-order valence-electron chi connectivity index (χ3n) is 0.311. The molecule has 0 aromatic rings. The Morgan fingerprint density at radius 3 is 2.29 bits per heavy atom. The molecule has 0 saturated carbocycles. The molecule has 0 amide bonds. The summed E-state index contributed by atoms with van der Waals surface area (Å²) in [5.41, 5.74) is 0. The number of carbonyl (C=O) groups excluding carboxylic acids is 1. The molecule has 0 heterocycles. The van der Waals surface area contributed by atoms with Crippen molar-refractivity contribution >= 4 is 5.97 Å². The summed E-state index contributed by atoms with van der Waals surface area (Å²) in [6.07, 6.45) is 1.23. The first-order valence-electron chi connectivity index (χ1n) is 1.58. The molecule has 0 aromatic carbocycles. The van der Waals surface area contributed by atoms with Gasteiger partial charge in [-0.05, 0) is 0 Å². The van der Waals surface area contributed by atoms with Crippen LogP contribution < -0.4 is 5.11 Å². The molecule has 0 unspecified atom stereocenters. The van der Waals surface area contributed by atoms with E-state index in [9.17, 15) is 9.90 Å². The van der Waals surface area contributed by atoms with E-state index in [-0.39, 0.29) is 56.3 Å². The first-order valence-corrected chi connectivity index (χ1v) is 1.58. The fraction of sp³-hybridized carbons (Fsp3) is 0.250. The molecule has 0 aliphatic heterocycles. The molecule has 0 fully saturated rings. The molecule has 0 bridgehead atoms. The second-order valence-corrected chi connectivity index (χ2v) is 0.865. The van der Waals surface area contributed by atoms with E-state index < -0.39 is 5.97 Å². The predicted molar refractivity (Wildman–Crippen MR) is 19.8 cm³/mol. The largest absolute Gasteiger partial charge is 1.00 e. The molecule has 0 atom stereocenters. The van der Waals surface area contributed by atoms with E-state index >= 15 is 0 Å². The van der Waals surface area contributed by atoms with Crippen molar-refractivity contribution in [3.05, 3.63) is 12.7 Å². The van der Waals surface area contributed by atoms with Gasteiger partial charge in [-0.15, -0.1) is 6.58 Å². The first-order chi connectivity index (χ1) is 2.77. The van der Waals surface area contributed by atoms with Gasteiger partial charge in [0.15, 0.2) is 0 Å². The summed E-state index contributed by atoms with van der Waals surface area (Å²) in [6.45, 7) is 3.18. The Hall–Kier alpha value is 0.807. The van der Waals surface area contributed by atoms with Crippen LogP contribution in [0.3, 0.4) is 0 Å². The molecule has 0 rings (SSSR count).